The first kappa shape index (κ1) is 20.3. The minimum atomic E-state index is -0.336. The molecule has 0 bridgehead atoms. The number of tetrazole rings is 1. The van der Waals surface area contributed by atoms with Gasteiger partial charge < -0.3 is 14.5 Å². The summed E-state index contributed by atoms with van der Waals surface area (Å²) in [6, 6.07) is 13.2. The maximum atomic E-state index is 12.8. The number of carbonyl (C=O) groups is 1. The normalized spacial score (nSPS) is 10.9. The minimum Gasteiger partial charge on any atom is -0.494 e. The number of hydrogen-bond acceptors (Lipinski definition) is 7. The molecule has 0 aliphatic rings. The maximum absolute atomic E-state index is 12.8. The Labute approximate surface area is 177 Å². The third-order valence-corrected chi connectivity index (χ3v) is 4.70. The summed E-state index contributed by atoms with van der Waals surface area (Å²) in [4.78, 5) is 25.3. The maximum Gasteiger partial charge on any atom is 0.255 e. The number of anilines is 1. The van der Waals surface area contributed by atoms with Crippen molar-refractivity contribution < 1.29 is 13.9 Å². The van der Waals surface area contributed by atoms with E-state index in [9.17, 15) is 9.59 Å². The average Bonchev–Trinajstić information content (AvgIpc) is 3.33. The van der Waals surface area contributed by atoms with Gasteiger partial charge >= 0.3 is 0 Å². The van der Waals surface area contributed by atoms with E-state index in [0.29, 0.717) is 29.0 Å². The summed E-state index contributed by atoms with van der Waals surface area (Å²) in [5, 5.41) is 16.6. The van der Waals surface area contributed by atoms with Crippen LogP contribution in [0.1, 0.15) is 36.5 Å². The second-order valence-electron chi connectivity index (χ2n) is 6.93. The summed E-state index contributed by atoms with van der Waals surface area (Å²) < 4.78 is 11.5. The molecule has 4 rings (SSSR count). The fourth-order valence-corrected chi connectivity index (χ4v) is 3.09. The van der Waals surface area contributed by atoms with E-state index in [2.05, 4.69) is 32.9 Å². The number of amides is 1. The van der Waals surface area contributed by atoms with E-state index in [1.807, 2.05) is 0 Å². The monoisotopic (exact) mass is 419 g/mol. The molecule has 2 aromatic heterocycles. The lowest BCUT2D eigenvalue weighted by molar-refractivity contribution is 0.102. The van der Waals surface area contributed by atoms with Crippen LogP contribution in [-0.2, 0) is 0 Å². The van der Waals surface area contributed by atoms with Crippen LogP contribution in [0.5, 0.6) is 5.75 Å². The lowest BCUT2D eigenvalue weighted by Crippen LogP contribution is -2.13. The molecule has 31 heavy (non-hydrogen) atoms. The summed E-state index contributed by atoms with van der Waals surface area (Å²) in [5.74, 6) is 0.679. The molecule has 0 spiro atoms. The molecule has 9 heteroatoms. The van der Waals surface area contributed by atoms with Gasteiger partial charge in [-0.2, -0.15) is 5.21 Å². The van der Waals surface area contributed by atoms with Gasteiger partial charge in [0.1, 0.15) is 5.75 Å². The van der Waals surface area contributed by atoms with Crippen molar-refractivity contribution in [2.24, 2.45) is 0 Å². The van der Waals surface area contributed by atoms with E-state index < -0.39 is 0 Å². The van der Waals surface area contributed by atoms with Gasteiger partial charge in [0.05, 0.1) is 17.7 Å². The number of ether oxygens (including phenoxy) is 1. The Balaban J connectivity index is 1.55. The standard InChI is InChI=1S/C22H21N5O4/c1-2-3-4-12-30-15-10-8-14(9-11-15)22(29)23-17-7-5-6-16-18(28)13-19(31-20(16)17)21-24-26-27-25-21/h5-11,13H,2-4,12H2,1H3,(H,23,29)(H,24,25,26,27). The molecule has 0 aliphatic heterocycles. The zero-order valence-electron chi connectivity index (χ0n) is 16.9. The number of carbonyl (C=O) groups excluding carboxylic acids is 1. The highest BCUT2D eigenvalue weighted by molar-refractivity contribution is 6.08. The third-order valence-electron chi connectivity index (χ3n) is 4.70. The van der Waals surface area contributed by atoms with Crippen molar-refractivity contribution in [3.05, 3.63) is 64.3 Å². The van der Waals surface area contributed by atoms with Crippen LogP contribution in [0.15, 0.2) is 57.7 Å². The molecule has 9 nitrogen and oxygen atoms in total. The van der Waals surface area contributed by atoms with Crippen LogP contribution in [0.2, 0.25) is 0 Å². The fraction of sp³-hybridized carbons (Fsp3) is 0.227. The molecule has 0 saturated heterocycles. The van der Waals surface area contributed by atoms with E-state index in [4.69, 9.17) is 9.15 Å². The van der Waals surface area contributed by atoms with Crippen LogP contribution in [0.4, 0.5) is 5.69 Å². The zero-order chi connectivity index (χ0) is 21.6. The van der Waals surface area contributed by atoms with Gasteiger partial charge in [0, 0.05) is 11.6 Å². The van der Waals surface area contributed by atoms with Gasteiger partial charge in [0.15, 0.2) is 16.8 Å². The zero-order valence-corrected chi connectivity index (χ0v) is 16.9. The van der Waals surface area contributed by atoms with E-state index in [0.717, 1.165) is 19.3 Å². The Hall–Kier alpha value is -4.01. The van der Waals surface area contributed by atoms with Crippen LogP contribution in [-0.4, -0.2) is 33.1 Å². The Morgan fingerprint density at radius 1 is 1.16 bits per heavy atom. The molecule has 158 valence electrons. The molecule has 2 N–H and O–H groups in total. The van der Waals surface area contributed by atoms with E-state index in [1.54, 1.807) is 42.5 Å². The van der Waals surface area contributed by atoms with Crippen molar-refractivity contribution in [3.8, 4) is 17.3 Å². The van der Waals surface area contributed by atoms with Gasteiger partial charge in [-0.3, -0.25) is 9.59 Å². The molecule has 4 aromatic rings. The van der Waals surface area contributed by atoms with Crippen molar-refractivity contribution >= 4 is 22.6 Å². The molecule has 2 aromatic carbocycles. The van der Waals surface area contributed by atoms with Crippen molar-refractivity contribution in [3.63, 3.8) is 0 Å². The van der Waals surface area contributed by atoms with Gasteiger partial charge in [-0.1, -0.05) is 25.8 Å². The summed E-state index contributed by atoms with van der Waals surface area (Å²) in [6.07, 6.45) is 3.25. The smallest absolute Gasteiger partial charge is 0.255 e. The van der Waals surface area contributed by atoms with Crippen molar-refractivity contribution in [1.29, 1.82) is 0 Å². The predicted molar refractivity (Wildman–Crippen MR) is 115 cm³/mol. The second kappa shape index (κ2) is 9.21. The van der Waals surface area contributed by atoms with Gasteiger partial charge in [0.25, 0.3) is 5.91 Å². The van der Waals surface area contributed by atoms with E-state index >= 15 is 0 Å². The molecule has 0 radical (unpaired) electrons. The van der Waals surface area contributed by atoms with Gasteiger partial charge in [-0.25, -0.2) is 0 Å². The molecule has 0 atom stereocenters. The summed E-state index contributed by atoms with van der Waals surface area (Å²) in [5.41, 5.74) is 0.778. The topological polar surface area (TPSA) is 123 Å². The van der Waals surface area contributed by atoms with E-state index in [1.165, 1.54) is 6.07 Å². The van der Waals surface area contributed by atoms with Gasteiger partial charge in [-0.15, -0.1) is 10.2 Å². The number of aromatic nitrogens is 4. The highest BCUT2D eigenvalue weighted by Gasteiger charge is 2.15. The number of hydrogen-bond donors (Lipinski definition) is 2. The van der Waals surface area contributed by atoms with Crippen LogP contribution in [0.25, 0.3) is 22.6 Å². The lowest BCUT2D eigenvalue weighted by Gasteiger charge is -2.09. The first-order valence-electron chi connectivity index (χ1n) is 10.0. The molecule has 0 saturated carbocycles. The Kier molecular flexibility index (Phi) is 6.02. The largest absolute Gasteiger partial charge is 0.494 e. The quantitative estimate of drug-likeness (QED) is 0.416. The minimum absolute atomic E-state index is 0.148. The number of aromatic amines is 1. The molecule has 0 aliphatic carbocycles. The summed E-state index contributed by atoms with van der Waals surface area (Å²) >= 11 is 0. The highest BCUT2D eigenvalue weighted by atomic mass is 16.5. The molecular weight excluding hydrogens is 398 g/mol. The fourth-order valence-electron chi connectivity index (χ4n) is 3.09. The number of rotatable bonds is 8. The van der Waals surface area contributed by atoms with Crippen molar-refractivity contribution in [2.75, 3.05) is 11.9 Å². The van der Waals surface area contributed by atoms with Gasteiger partial charge in [0.2, 0.25) is 5.82 Å². The second-order valence-corrected chi connectivity index (χ2v) is 6.93. The molecule has 1 amide bonds. The van der Waals surface area contributed by atoms with Crippen LogP contribution >= 0.6 is 0 Å². The Bertz CT molecular complexity index is 1230. The SMILES string of the molecule is CCCCCOc1ccc(C(=O)Nc2cccc3c(=O)cc(-c4nn[nH]n4)oc23)cc1. The number of unbranched alkanes of at least 4 members (excludes halogenated alkanes) is 2. The first-order valence-corrected chi connectivity index (χ1v) is 10.0. The molecule has 0 unspecified atom stereocenters. The lowest BCUT2D eigenvalue weighted by atomic mass is 10.1. The highest BCUT2D eigenvalue weighted by Crippen LogP contribution is 2.26. The Morgan fingerprint density at radius 2 is 2.00 bits per heavy atom. The number of fused-ring (bicyclic) bond motifs is 1. The number of para-hydroxylation sites is 1. The number of benzene rings is 2. The predicted octanol–water partition coefficient (Wildman–Crippen LogP) is 3.79. The van der Waals surface area contributed by atoms with Crippen LogP contribution < -0.4 is 15.5 Å². The van der Waals surface area contributed by atoms with Crippen molar-refractivity contribution in [1.82, 2.24) is 20.6 Å². The molecule has 2 heterocycles. The Morgan fingerprint density at radius 3 is 2.74 bits per heavy atom. The first-order chi connectivity index (χ1) is 15.2. The van der Waals surface area contributed by atoms with E-state index in [-0.39, 0.29) is 28.5 Å². The summed E-state index contributed by atoms with van der Waals surface area (Å²) in [6.45, 7) is 2.79. The molecular formula is C22H21N5O4. The van der Waals surface area contributed by atoms with Crippen molar-refractivity contribution in [2.45, 2.75) is 26.2 Å². The number of nitrogens with zero attached hydrogens (tertiary/aromatic N) is 3. The number of nitrogens with one attached hydrogen (secondary N) is 2. The van der Waals surface area contributed by atoms with Crippen LogP contribution in [0.3, 0.4) is 0 Å². The third kappa shape index (κ3) is 4.61. The van der Waals surface area contributed by atoms with Gasteiger partial charge in [-0.05, 0) is 48.0 Å². The average molecular weight is 419 g/mol. The van der Waals surface area contributed by atoms with Crippen LogP contribution in [0, 0.1) is 0 Å². The summed E-state index contributed by atoms with van der Waals surface area (Å²) in [7, 11) is 0. The molecule has 0 fully saturated rings. The number of H-pyrrole nitrogens is 1.